The predicted molar refractivity (Wildman–Crippen MR) is 52.8 cm³/mol. The lowest BCUT2D eigenvalue weighted by atomic mass is 9.82. The van der Waals surface area contributed by atoms with Crippen molar-refractivity contribution in [2.75, 3.05) is 13.2 Å². The number of ether oxygens (including phenoxy) is 1. The van der Waals surface area contributed by atoms with Gasteiger partial charge in [0.15, 0.2) is 0 Å². The van der Waals surface area contributed by atoms with Crippen LogP contribution in [0.3, 0.4) is 0 Å². The van der Waals surface area contributed by atoms with E-state index in [0.29, 0.717) is 30.9 Å². The third-order valence-corrected chi connectivity index (χ3v) is 2.75. The maximum absolute atomic E-state index is 13.4. The van der Waals surface area contributed by atoms with Gasteiger partial charge < -0.3 is 10.5 Å². The normalized spacial score (nSPS) is 25.4. The van der Waals surface area contributed by atoms with Gasteiger partial charge in [-0.15, -0.1) is 0 Å². The minimum Gasteiger partial charge on any atom is -0.493 e. The molecule has 76 valence electrons. The Kier molecular flexibility index (Phi) is 2.19. The molecule has 2 nitrogen and oxygen atoms in total. The standard InChI is InChI=1S/C11H14FNO/c1-11(6-13)5-8-9(12)3-2-4-10(8)14-7-11/h2-4H,5-7,13H2,1H3. The number of halogens is 1. The first-order valence-electron chi connectivity index (χ1n) is 4.75. The summed E-state index contributed by atoms with van der Waals surface area (Å²) in [4.78, 5) is 0. The van der Waals surface area contributed by atoms with Crippen LogP contribution in [0.15, 0.2) is 18.2 Å². The second-order valence-corrected chi connectivity index (χ2v) is 4.20. The molecule has 0 fully saturated rings. The Morgan fingerprint density at radius 1 is 1.57 bits per heavy atom. The maximum atomic E-state index is 13.4. The van der Waals surface area contributed by atoms with Gasteiger partial charge in [0.05, 0.1) is 6.61 Å². The molecule has 0 saturated heterocycles. The Hall–Kier alpha value is -1.09. The Bertz CT molecular complexity index is 353. The average Bonchev–Trinajstić information content (AvgIpc) is 2.20. The van der Waals surface area contributed by atoms with Crippen molar-refractivity contribution in [1.82, 2.24) is 0 Å². The lowest BCUT2D eigenvalue weighted by Gasteiger charge is -2.33. The predicted octanol–water partition coefficient (Wildman–Crippen LogP) is 1.73. The van der Waals surface area contributed by atoms with Crippen molar-refractivity contribution in [2.45, 2.75) is 13.3 Å². The van der Waals surface area contributed by atoms with Crippen LogP contribution in [0.1, 0.15) is 12.5 Å². The number of nitrogens with two attached hydrogens (primary N) is 1. The molecule has 1 heterocycles. The van der Waals surface area contributed by atoms with Crippen LogP contribution in [0.25, 0.3) is 0 Å². The summed E-state index contributed by atoms with van der Waals surface area (Å²) in [7, 11) is 0. The molecule has 1 aliphatic heterocycles. The summed E-state index contributed by atoms with van der Waals surface area (Å²) in [5.74, 6) is 0.470. The molecule has 0 radical (unpaired) electrons. The molecule has 1 aliphatic rings. The minimum atomic E-state index is -0.193. The Balaban J connectivity index is 2.38. The summed E-state index contributed by atoms with van der Waals surface area (Å²) in [5, 5.41) is 0. The third kappa shape index (κ3) is 1.48. The molecule has 2 N–H and O–H groups in total. The van der Waals surface area contributed by atoms with Crippen LogP contribution in [0.4, 0.5) is 4.39 Å². The Morgan fingerprint density at radius 2 is 2.36 bits per heavy atom. The van der Waals surface area contributed by atoms with Crippen molar-refractivity contribution >= 4 is 0 Å². The van der Waals surface area contributed by atoms with Crippen molar-refractivity contribution < 1.29 is 9.13 Å². The van der Waals surface area contributed by atoms with Crippen LogP contribution < -0.4 is 10.5 Å². The number of benzene rings is 1. The van der Waals surface area contributed by atoms with E-state index in [9.17, 15) is 4.39 Å². The van der Waals surface area contributed by atoms with Crippen molar-refractivity contribution in [1.29, 1.82) is 0 Å². The highest BCUT2D eigenvalue weighted by atomic mass is 19.1. The molecule has 1 aromatic carbocycles. The van der Waals surface area contributed by atoms with E-state index in [1.165, 1.54) is 6.07 Å². The number of hydrogen-bond acceptors (Lipinski definition) is 2. The molecule has 1 unspecified atom stereocenters. The van der Waals surface area contributed by atoms with Gasteiger partial charge in [0.2, 0.25) is 0 Å². The number of rotatable bonds is 1. The van der Waals surface area contributed by atoms with Gasteiger partial charge in [-0.2, -0.15) is 0 Å². The van der Waals surface area contributed by atoms with Gasteiger partial charge >= 0.3 is 0 Å². The summed E-state index contributed by atoms with van der Waals surface area (Å²) in [5.41, 5.74) is 6.17. The smallest absolute Gasteiger partial charge is 0.130 e. The monoisotopic (exact) mass is 195 g/mol. The molecular formula is C11H14FNO. The molecule has 2 rings (SSSR count). The van der Waals surface area contributed by atoms with E-state index in [-0.39, 0.29) is 11.2 Å². The van der Waals surface area contributed by atoms with Gasteiger partial charge in [0.25, 0.3) is 0 Å². The van der Waals surface area contributed by atoms with Crippen LogP contribution >= 0.6 is 0 Å². The molecule has 0 saturated carbocycles. The highest BCUT2D eigenvalue weighted by Gasteiger charge is 2.31. The van der Waals surface area contributed by atoms with Gasteiger partial charge in [-0.25, -0.2) is 4.39 Å². The van der Waals surface area contributed by atoms with Crippen LogP contribution in [0, 0.1) is 11.2 Å². The molecule has 0 spiro atoms. The zero-order valence-electron chi connectivity index (χ0n) is 8.22. The molecule has 14 heavy (non-hydrogen) atoms. The first-order valence-corrected chi connectivity index (χ1v) is 4.75. The summed E-state index contributed by atoms with van der Waals surface area (Å²) < 4.78 is 18.9. The summed E-state index contributed by atoms with van der Waals surface area (Å²) in [6.45, 7) is 3.10. The van der Waals surface area contributed by atoms with Crippen LogP contribution in [-0.4, -0.2) is 13.2 Å². The number of fused-ring (bicyclic) bond motifs is 1. The minimum absolute atomic E-state index is 0.130. The van der Waals surface area contributed by atoms with Crippen LogP contribution in [-0.2, 0) is 6.42 Å². The van der Waals surface area contributed by atoms with E-state index in [1.54, 1.807) is 12.1 Å². The number of hydrogen-bond donors (Lipinski definition) is 1. The first-order chi connectivity index (χ1) is 6.64. The van der Waals surface area contributed by atoms with Gasteiger partial charge in [0, 0.05) is 17.5 Å². The van der Waals surface area contributed by atoms with Gasteiger partial charge in [0.1, 0.15) is 11.6 Å². The molecular weight excluding hydrogens is 181 g/mol. The third-order valence-electron chi connectivity index (χ3n) is 2.75. The molecule has 0 aromatic heterocycles. The molecule has 1 aromatic rings. The largest absolute Gasteiger partial charge is 0.493 e. The van der Waals surface area contributed by atoms with Crippen LogP contribution in [0.5, 0.6) is 5.75 Å². The van der Waals surface area contributed by atoms with E-state index >= 15 is 0 Å². The van der Waals surface area contributed by atoms with Crippen molar-refractivity contribution in [2.24, 2.45) is 11.1 Å². The summed E-state index contributed by atoms with van der Waals surface area (Å²) in [6, 6.07) is 4.93. The fourth-order valence-electron chi connectivity index (χ4n) is 1.71. The SMILES string of the molecule is CC1(CN)COc2cccc(F)c2C1. The Labute approximate surface area is 82.9 Å². The highest BCUT2D eigenvalue weighted by Crippen LogP contribution is 2.34. The van der Waals surface area contributed by atoms with E-state index in [1.807, 2.05) is 6.92 Å². The van der Waals surface area contributed by atoms with E-state index in [0.717, 1.165) is 0 Å². The molecule has 3 heteroatoms. The Morgan fingerprint density at radius 3 is 3.07 bits per heavy atom. The molecule has 1 atom stereocenters. The van der Waals surface area contributed by atoms with Gasteiger partial charge in [-0.3, -0.25) is 0 Å². The van der Waals surface area contributed by atoms with Gasteiger partial charge in [-0.05, 0) is 18.6 Å². The summed E-state index contributed by atoms with van der Waals surface area (Å²) >= 11 is 0. The molecule has 0 aliphatic carbocycles. The van der Waals surface area contributed by atoms with Crippen molar-refractivity contribution in [3.8, 4) is 5.75 Å². The second-order valence-electron chi connectivity index (χ2n) is 4.20. The molecule has 0 bridgehead atoms. The fraction of sp³-hybridized carbons (Fsp3) is 0.455. The lowest BCUT2D eigenvalue weighted by molar-refractivity contribution is 0.142. The fourth-order valence-corrected chi connectivity index (χ4v) is 1.71. The van der Waals surface area contributed by atoms with E-state index < -0.39 is 0 Å². The maximum Gasteiger partial charge on any atom is 0.130 e. The second kappa shape index (κ2) is 3.24. The van der Waals surface area contributed by atoms with Crippen LogP contribution in [0.2, 0.25) is 0 Å². The van der Waals surface area contributed by atoms with E-state index in [2.05, 4.69) is 0 Å². The zero-order chi connectivity index (χ0) is 10.2. The quantitative estimate of drug-likeness (QED) is 0.740. The van der Waals surface area contributed by atoms with Crippen molar-refractivity contribution in [3.05, 3.63) is 29.6 Å². The summed E-state index contributed by atoms with van der Waals surface area (Å²) in [6.07, 6.45) is 0.658. The van der Waals surface area contributed by atoms with Gasteiger partial charge in [-0.1, -0.05) is 13.0 Å². The van der Waals surface area contributed by atoms with E-state index in [4.69, 9.17) is 10.5 Å². The van der Waals surface area contributed by atoms with Crippen molar-refractivity contribution in [3.63, 3.8) is 0 Å². The zero-order valence-corrected chi connectivity index (χ0v) is 8.22. The first kappa shape index (κ1) is 9.46. The highest BCUT2D eigenvalue weighted by molar-refractivity contribution is 5.37. The topological polar surface area (TPSA) is 35.2 Å². The average molecular weight is 195 g/mol. The molecule has 0 amide bonds. The lowest BCUT2D eigenvalue weighted by Crippen LogP contribution is -2.38.